The average Bonchev–Trinajstić information content (AvgIpc) is 0.764. The summed E-state index contributed by atoms with van der Waals surface area (Å²) < 4.78 is 37.8. The number of fused-ring (bicyclic) bond motifs is 15. The fourth-order valence-electron chi connectivity index (χ4n) is 12.5. The van der Waals surface area contributed by atoms with E-state index in [9.17, 15) is 69.9 Å². The Balaban J connectivity index is 1.26. The first-order valence-electron chi connectivity index (χ1n) is 31.8. The van der Waals surface area contributed by atoms with E-state index in [1.807, 2.05) is 13.8 Å². The number of nitrogens with zero attached hydrogens (tertiary/aromatic N) is 1. The number of halogens is 2. The fraction of sp³-hybridized carbons (Fsp3) is 0.418. The van der Waals surface area contributed by atoms with Gasteiger partial charge in [-0.2, -0.15) is 0 Å². The molecule has 0 aromatic heterocycles. The van der Waals surface area contributed by atoms with Gasteiger partial charge in [-0.25, -0.2) is 4.79 Å². The number of aliphatic hydroxyl groups is 5. The number of hydrogen-bond donors (Lipinski definition) is 17. The van der Waals surface area contributed by atoms with Crippen molar-refractivity contribution in [2.75, 3.05) is 20.7 Å². The molecular weight excluding hydrogens is 1390 g/mol. The minimum atomic E-state index is -2.35. The Bertz CT molecular complexity index is 4160. The number of aliphatic carboxylic acids is 1. The summed E-state index contributed by atoms with van der Waals surface area (Å²) in [5, 5.41) is 115. The van der Waals surface area contributed by atoms with E-state index in [0.29, 0.717) is 0 Å². The number of phenolic OH excluding ortho intramolecular Hbond substituents is 3. The largest absolute Gasteiger partial charge is 0.508 e. The summed E-state index contributed by atoms with van der Waals surface area (Å²) in [6.07, 6.45) is -18.1. The molecule has 102 heavy (non-hydrogen) atoms. The maximum absolute atomic E-state index is 16.1. The first-order chi connectivity index (χ1) is 48.0. The van der Waals surface area contributed by atoms with Crippen LogP contribution in [0.3, 0.4) is 0 Å². The minimum Gasteiger partial charge on any atom is -0.508 e. The third kappa shape index (κ3) is 15.8. The van der Waals surface area contributed by atoms with Crippen molar-refractivity contribution in [3.63, 3.8) is 0 Å². The van der Waals surface area contributed by atoms with Gasteiger partial charge in [0.2, 0.25) is 53.4 Å². The lowest BCUT2D eigenvalue weighted by Crippen LogP contribution is -2.60. The average molecular weight is 1460 g/mol. The van der Waals surface area contributed by atoms with Crippen LogP contribution in [0, 0.1) is 5.92 Å². The van der Waals surface area contributed by atoms with Crippen molar-refractivity contribution in [2.45, 2.75) is 150 Å². The smallest absolute Gasteiger partial charge is 0.330 e. The van der Waals surface area contributed by atoms with Crippen molar-refractivity contribution >= 4 is 76.3 Å². The van der Waals surface area contributed by atoms with Gasteiger partial charge in [0, 0.05) is 29.2 Å². The summed E-state index contributed by atoms with van der Waals surface area (Å²) in [6.45, 7) is 5.44. The highest BCUT2D eigenvalue weighted by Gasteiger charge is 2.49. The van der Waals surface area contributed by atoms with Crippen molar-refractivity contribution in [1.82, 2.24) is 36.8 Å². The van der Waals surface area contributed by atoms with Crippen LogP contribution in [0.2, 0.25) is 10.0 Å². The molecule has 11 bridgehead atoms. The van der Waals surface area contributed by atoms with E-state index in [2.05, 4.69) is 31.9 Å². The van der Waals surface area contributed by atoms with Crippen molar-refractivity contribution in [2.24, 2.45) is 17.4 Å². The summed E-state index contributed by atoms with van der Waals surface area (Å²) in [4.78, 5) is 134. The van der Waals surface area contributed by atoms with E-state index in [0.717, 1.165) is 60.7 Å². The Kier molecular flexibility index (Phi) is 22.3. The van der Waals surface area contributed by atoms with Crippen LogP contribution >= 0.6 is 23.2 Å². The molecule has 5 aromatic rings. The second-order valence-corrected chi connectivity index (χ2v) is 26.9. The number of rotatable bonds is 13. The Morgan fingerprint density at radius 3 is 1.92 bits per heavy atom. The number of aromatic hydroxyl groups is 3. The molecule has 7 aliphatic rings. The maximum atomic E-state index is 16.1. The summed E-state index contributed by atoms with van der Waals surface area (Å²) in [7, 11) is 3.19. The van der Waals surface area contributed by atoms with Gasteiger partial charge in [0.05, 0.1) is 34.7 Å². The second kappa shape index (κ2) is 30.2. The van der Waals surface area contributed by atoms with Crippen molar-refractivity contribution < 1.29 is 118 Å². The minimum absolute atomic E-state index is 0.0929. The van der Waals surface area contributed by atoms with Crippen LogP contribution in [0.25, 0.3) is 11.1 Å². The summed E-state index contributed by atoms with van der Waals surface area (Å²) >= 11 is 14.2. The normalized spacial score (nSPS) is 28.6. The number of phenols is 3. The van der Waals surface area contributed by atoms with Gasteiger partial charge in [0.15, 0.2) is 29.6 Å². The van der Waals surface area contributed by atoms with Gasteiger partial charge in [-0.05, 0) is 117 Å². The molecule has 33 nitrogen and oxygen atoms in total. The van der Waals surface area contributed by atoms with Crippen LogP contribution in [0.4, 0.5) is 0 Å². The lowest BCUT2D eigenvalue weighted by molar-refractivity contribution is -0.277. The van der Waals surface area contributed by atoms with Gasteiger partial charge < -0.3 is 118 Å². The molecule has 7 aliphatic heterocycles. The number of amides is 7. The number of ketones is 1. The van der Waals surface area contributed by atoms with Crippen molar-refractivity contribution in [3.05, 3.63) is 117 Å². The lowest BCUT2D eigenvalue weighted by atomic mass is 9.88. The fourth-order valence-corrected chi connectivity index (χ4v) is 13.0. The molecule has 10 unspecified atom stereocenters. The van der Waals surface area contributed by atoms with Gasteiger partial charge in [-0.3, -0.25) is 43.3 Å². The molecule has 17 atom stereocenters. The predicted octanol–water partition coefficient (Wildman–Crippen LogP) is 0.657. The third-order valence-corrected chi connectivity index (χ3v) is 18.4. The number of carbonyl (C=O) groups is 9. The first kappa shape index (κ1) is 75.2. The number of hydrogen-bond acceptors (Lipinski definition) is 25. The molecule has 0 saturated carbocycles. The first-order valence-corrected chi connectivity index (χ1v) is 32.6. The maximum Gasteiger partial charge on any atom is 0.330 e. The van der Waals surface area contributed by atoms with Gasteiger partial charge in [0.1, 0.15) is 102 Å². The Morgan fingerprint density at radius 1 is 0.716 bits per heavy atom. The zero-order valence-electron chi connectivity index (χ0n) is 55.2. The molecule has 2 saturated heterocycles. The highest BCUT2D eigenvalue weighted by molar-refractivity contribution is 6.32. The number of nitrogens with one attached hydrogen (secondary N) is 6. The quantitative estimate of drug-likeness (QED) is 0.0770. The molecule has 12 rings (SSSR count). The number of primary amides is 1. The monoisotopic (exact) mass is 1460 g/mol. The molecule has 0 aliphatic carbocycles. The number of carbonyl (C=O) groups excluding carboxylic acids is 8. The topological polar surface area (TPSA) is 519 Å². The highest BCUT2D eigenvalue weighted by Crippen LogP contribution is 2.50. The Labute approximate surface area is 590 Å². The second-order valence-electron chi connectivity index (χ2n) is 26.1. The van der Waals surface area contributed by atoms with Crippen molar-refractivity contribution in [1.29, 1.82) is 0 Å². The number of Topliss-reactive ketones (excluding diaryl/α,β-unsaturated/α-hetero) is 1. The van der Waals surface area contributed by atoms with Crippen LogP contribution in [0.5, 0.6) is 46.0 Å². The van der Waals surface area contributed by atoms with Gasteiger partial charge in [-0.15, -0.1) is 0 Å². The molecule has 2 fully saturated rings. The molecular formula is C67H75Cl2N9O24. The van der Waals surface area contributed by atoms with Crippen LogP contribution in [-0.4, -0.2) is 197 Å². The summed E-state index contributed by atoms with van der Waals surface area (Å²) in [5.74, 6) is -16.6. The summed E-state index contributed by atoms with van der Waals surface area (Å²) in [6, 6.07) is -0.470. The number of carboxylic acids is 1. The number of ether oxygens (including phenoxy) is 6. The molecule has 19 N–H and O–H groups in total. The standard InChI is InChI=1S/C67H75Cl2N9O24/c1-24(2)13-36(78(5)6)60(90)76-50-52(84)27-8-11-39(33(68)15-27)98-41-17-29-18-42(57(41)102-66-55(87)54(86)53(85)43(23-79)100-66)99-40-12-9-28(16-34(40)69)56(101-45-22-67(4,71)58(88)25(3)97-45)51-64(94)75-49(65(95)96)32-19-30(80)20-38(82)46(32)31-14-26(7-10-37(31)81)47(61(91)77-51)74-62(92)48(29)73-59(89)35(21-44(70)83)72-63(50)93/h7-12,14-20,24-25,35-36,43,45,47-56,66,79-82,84-87H,13,21-23,71H2,1-6H3,(H2,70,83)(H,72,93)(H,73,89)(H,74,92)(H,75,94)(H,76,90)(H,77,91)(H,95,96)/t25-,35?,36+,43+,45?,47?,48?,49?,50?,51?,52?,53+,54-,55+,56?,66?,67-/m0/s1. The molecule has 0 radical (unpaired) electrons. The highest BCUT2D eigenvalue weighted by atomic mass is 35.5. The van der Waals surface area contributed by atoms with Crippen LogP contribution in [0.1, 0.15) is 105 Å². The number of aliphatic hydroxyl groups excluding tert-OH is 5. The van der Waals surface area contributed by atoms with Crippen LogP contribution in [-0.2, 0) is 57.4 Å². The molecule has 0 spiro atoms. The van der Waals surface area contributed by atoms with E-state index in [4.69, 9.17) is 63.1 Å². The zero-order valence-corrected chi connectivity index (χ0v) is 56.7. The zero-order chi connectivity index (χ0) is 74.4. The van der Waals surface area contributed by atoms with Gasteiger partial charge in [0.25, 0.3) is 0 Å². The van der Waals surface area contributed by atoms with E-state index < -0.39 is 243 Å². The summed E-state index contributed by atoms with van der Waals surface area (Å²) in [5.41, 5.74) is 7.82. The van der Waals surface area contributed by atoms with E-state index >= 15 is 19.2 Å². The number of carboxylic acid groups (broad SMARTS) is 1. The molecule has 35 heteroatoms. The Hall–Kier alpha value is -9.49. The van der Waals surface area contributed by atoms with E-state index in [-0.39, 0.29) is 39.8 Å². The molecule has 546 valence electrons. The van der Waals surface area contributed by atoms with Gasteiger partial charge in [-0.1, -0.05) is 55.2 Å². The van der Waals surface area contributed by atoms with E-state index in [1.54, 1.807) is 19.0 Å². The molecule has 7 amide bonds. The van der Waals surface area contributed by atoms with Crippen LogP contribution < -0.4 is 57.6 Å². The third-order valence-electron chi connectivity index (χ3n) is 17.8. The SMILES string of the molecule is CC(C)C[C@H](C(=O)NC1C(=O)NC(CC(N)=O)C(=O)NC2C(=O)NC3C(=O)NC(C(=O)NC(C(=O)O)c4cc(O)cc(O)c4-c4cc3ccc4O)C(OC3C[C@](C)(N)C(=O)[C@H](C)O3)c3ccc(c(Cl)c3)Oc3cc2cc(c3OC2O[C@H](CO)[C@@H](O)[C@H](O)[C@H]2O)Oc2ccc(cc2Cl)C1O)N(C)C. The number of benzene rings is 5. The predicted molar refractivity (Wildman–Crippen MR) is 353 cm³/mol. The van der Waals surface area contributed by atoms with Gasteiger partial charge >= 0.3 is 5.97 Å². The number of likely N-dealkylation sites (N-methyl/N-ethyl adjacent to an activating group) is 1. The molecule has 7 heterocycles. The Morgan fingerprint density at radius 2 is 1.32 bits per heavy atom. The van der Waals surface area contributed by atoms with Crippen molar-refractivity contribution in [3.8, 4) is 57.1 Å². The van der Waals surface area contributed by atoms with E-state index in [1.165, 1.54) is 32.0 Å². The lowest BCUT2D eigenvalue weighted by Gasteiger charge is -2.40. The van der Waals surface area contributed by atoms with Crippen LogP contribution in [0.15, 0.2) is 78.9 Å². The molecule has 5 aromatic carbocycles. The number of nitrogens with two attached hydrogens (primary N) is 2.